The number of hydrogen-bond donors (Lipinski definition) is 2. The van der Waals surface area contributed by atoms with Crippen LogP contribution in [0.3, 0.4) is 0 Å². The van der Waals surface area contributed by atoms with Gasteiger partial charge in [0.05, 0.1) is 25.3 Å². The van der Waals surface area contributed by atoms with Crippen LogP contribution in [0.2, 0.25) is 0 Å². The Balaban J connectivity index is 1.85. The van der Waals surface area contributed by atoms with E-state index in [0.717, 1.165) is 4.88 Å². The number of ether oxygens (including phenoxy) is 1. The number of likely N-dealkylation sites (tertiary alicyclic amines) is 1. The normalized spacial score (nSPS) is 18.0. The second kappa shape index (κ2) is 8.04. The first-order valence-corrected chi connectivity index (χ1v) is 10.1. The lowest BCUT2D eigenvalue weighted by molar-refractivity contribution is -0.140. The van der Waals surface area contributed by atoms with Gasteiger partial charge in [0.25, 0.3) is 11.7 Å². The van der Waals surface area contributed by atoms with Crippen molar-refractivity contribution in [3.05, 3.63) is 87.6 Å². The lowest BCUT2D eigenvalue weighted by Crippen LogP contribution is -2.28. The highest BCUT2D eigenvalue weighted by molar-refractivity contribution is 7.09. The molecular formula is C23H19NO5S. The number of amides is 1. The van der Waals surface area contributed by atoms with Crippen molar-refractivity contribution in [1.29, 1.82) is 0 Å². The van der Waals surface area contributed by atoms with Crippen molar-refractivity contribution in [3.8, 4) is 11.5 Å². The Morgan fingerprint density at radius 3 is 2.50 bits per heavy atom. The molecule has 1 saturated heterocycles. The number of hydrogen-bond acceptors (Lipinski definition) is 6. The van der Waals surface area contributed by atoms with Gasteiger partial charge in [-0.25, -0.2) is 0 Å². The van der Waals surface area contributed by atoms with Gasteiger partial charge in [-0.05, 0) is 53.4 Å². The number of rotatable bonds is 5. The largest absolute Gasteiger partial charge is 0.508 e. The molecule has 2 aromatic carbocycles. The summed E-state index contributed by atoms with van der Waals surface area (Å²) < 4.78 is 5.14. The van der Waals surface area contributed by atoms with E-state index in [0.29, 0.717) is 16.9 Å². The number of aliphatic hydroxyl groups is 1. The van der Waals surface area contributed by atoms with Crippen molar-refractivity contribution >= 4 is 28.8 Å². The number of phenolic OH excluding ortho intramolecular Hbond substituents is 1. The van der Waals surface area contributed by atoms with Gasteiger partial charge in [-0.2, -0.15) is 0 Å². The Kier molecular flexibility index (Phi) is 5.29. The highest BCUT2D eigenvalue weighted by atomic mass is 32.1. The van der Waals surface area contributed by atoms with Gasteiger partial charge in [-0.3, -0.25) is 9.59 Å². The molecule has 30 heavy (non-hydrogen) atoms. The van der Waals surface area contributed by atoms with Crippen LogP contribution in [0.5, 0.6) is 11.5 Å². The summed E-state index contributed by atoms with van der Waals surface area (Å²) in [5.41, 5.74) is 0.934. The molecule has 152 valence electrons. The quantitative estimate of drug-likeness (QED) is 0.368. The van der Waals surface area contributed by atoms with Crippen LogP contribution in [0.15, 0.2) is 71.6 Å². The number of Topliss-reactive ketones (excluding diaryl/α,β-unsaturated/α-hetero) is 1. The maximum atomic E-state index is 13.0. The molecule has 0 aliphatic carbocycles. The predicted molar refractivity (Wildman–Crippen MR) is 113 cm³/mol. The number of thiophene rings is 1. The highest BCUT2D eigenvalue weighted by Gasteiger charge is 2.46. The van der Waals surface area contributed by atoms with Crippen molar-refractivity contribution in [2.45, 2.75) is 12.6 Å². The third-order valence-electron chi connectivity index (χ3n) is 5.00. The molecular weight excluding hydrogens is 402 g/mol. The number of carbonyl (C=O) groups excluding carboxylic acids is 2. The summed E-state index contributed by atoms with van der Waals surface area (Å²) in [6, 6.07) is 15.9. The van der Waals surface area contributed by atoms with Crippen LogP contribution in [0.4, 0.5) is 0 Å². The molecule has 1 amide bonds. The van der Waals surface area contributed by atoms with E-state index in [4.69, 9.17) is 4.74 Å². The van der Waals surface area contributed by atoms with Crippen molar-refractivity contribution in [1.82, 2.24) is 4.90 Å². The molecule has 1 aliphatic heterocycles. The Labute approximate surface area is 177 Å². The summed E-state index contributed by atoms with van der Waals surface area (Å²) in [6.07, 6.45) is 0. The van der Waals surface area contributed by atoms with Gasteiger partial charge in [-0.15, -0.1) is 11.3 Å². The number of nitrogens with zero attached hydrogens (tertiary/aromatic N) is 1. The summed E-state index contributed by atoms with van der Waals surface area (Å²) in [7, 11) is 1.53. The second-order valence-corrected chi connectivity index (χ2v) is 7.86. The fraction of sp³-hybridized carbons (Fsp3) is 0.130. The molecule has 1 atom stereocenters. The Morgan fingerprint density at radius 1 is 1.10 bits per heavy atom. The third kappa shape index (κ3) is 3.55. The van der Waals surface area contributed by atoms with E-state index in [1.165, 1.54) is 35.5 Å². The number of phenols is 1. The molecule has 2 N–H and O–H groups in total. The number of benzene rings is 2. The van der Waals surface area contributed by atoms with Crippen LogP contribution in [-0.2, 0) is 16.1 Å². The molecule has 0 spiro atoms. The van der Waals surface area contributed by atoms with Gasteiger partial charge in [0.2, 0.25) is 0 Å². The number of carbonyl (C=O) groups is 2. The van der Waals surface area contributed by atoms with Crippen molar-refractivity contribution < 1.29 is 24.5 Å². The Hall–Kier alpha value is -3.58. The van der Waals surface area contributed by atoms with Crippen LogP contribution in [0.25, 0.3) is 5.76 Å². The van der Waals surface area contributed by atoms with Crippen LogP contribution in [0, 0.1) is 0 Å². The zero-order valence-electron chi connectivity index (χ0n) is 16.1. The fourth-order valence-corrected chi connectivity index (χ4v) is 4.26. The summed E-state index contributed by atoms with van der Waals surface area (Å²) in [6.45, 7) is 0.224. The van der Waals surface area contributed by atoms with Gasteiger partial charge in [-0.1, -0.05) is 18.2 Å². The maximum Gasteiger partial charge on any atom is 0.295 e. The van der Waals surface area contributed by atoms with E-state index in [1.54, 1.807) is 36.4 Å². The van der Waals surface area contributed by atoms with Crippen LogP contribution in [-0.4, -0.2) is 33.9 Å². The minimum Gasteiger partial charge on any atom is -0.508 e. The van der Waals surface area contributed by atoms with Gasteiger partial charge >= 0.3 is 0 Å². The SMILES string of the molecule is COc1ccc(/C(O)=C2/C(=O)C(=O)N(Cc3cccs3)C2c2cccc(O)c2)cc1. The van der Waals surface area contributed by atoms with Gasteiger partial charge in [0.1, 0.15) is 17.3 Å². The van der Waals surface area contributed by atoms with Crippen LogP contribution in [0.1, 0.15) is 22.0 Å². The number of ketones is 1. The zero-order valence-corrected chi connectivity index (χ0v) is 16.9. The molecule has 2 heterocycles. The lowest BCUT2D eigenvalue weighted by atomic mass is 9.95. The van der Waals surface area contributed by atoms with E-state index in [-0.39, 0.29) is 23.6 Å². The zero-order chi connectivity index (χ0) is 21.3. The molecule has 7 heteroatoms. The van der Waals surface area contributed by atoms with E-state index in [1.807, 2.05) is 17.5 Å². The molecule has 1 aromatic heterocycles. The molecule has 0 bridgehead atoms. The van der Waals surface area contributed by atoms with Crippen LogP contribution < -0.4 is 4.74 Å². The van der Waals surface area contributed by atoms with Gasteiger partial charge in [0.15, 0.2) is 0 Å². The minimum atomic E-state index is -0.818. The van der Waals surface area contributed by atoms with Crippen molar-refractivity contribution in [2.24, 2.45) is 0 Å². The van der Waals surface area contributed by atoms with E-state index < -0.39 is 17.7 Å². The molecule has 4 rings (SSSR count). The smallest absolute Gasteiger partial charge is 0.295 e. The average molecular weight is 421 g/mol. The molecule has 0 saturated carbocycles. The molecule has 3 aromatic rings. The number of methoxy groups -OCH3 is 1. The van der Waals surface area contributed by atoms with Gasteiger partial charge in [0, 0.05) is 10.4 Å². The highest BCUT2D eigenvalue weighted by Crippen LogP contribution is 2.41. The minimum absolute atomic E-state index is 0.00711. The van der Waals surface area contributed by atoms with Gasteiger partial charge < -0.3 is 19.8 Å². The number of aliphatic hydroxyl groups excluding tert-OH is 1. The van der Waals surface area contributed by atoms with E-state index in [2.05, 4.69) is 0 Å². The molecule has 1 aliphatic rings. The molecule has 0 radical (unpaired) electrons. The molecule has 1 unspecified atom stereocenters. The Bertz CT molecular complexity index is 1120. The predicted octanol–water partition coefficient (Wildman–Crippen LogP) is 4.08. The summed E-state index contributed by atoms with van der Waals surface area (Å²) in [4.78, 5) is 28.2. The first kappa shape index (κ1) is 19.7. The van der Waals surface area contributed by atoms with E-state index in [9.17, 15) is 19.8 Å². The fourth-order valence-electron chi connectivity index (χ4n) is 3.56. The third-order valence-corrected chi connectivity index (χ3v) is 5.86. The number of aromatic hydroxyl groups is 1. The van der Waals surface area contributed by atoms with Crippen molar-refractivity contribution in [3.63, 3.8) is 0 Å². The second-order valence-electron chi connectivity index (χ2n) is 6.83. The van der Waals surface area contributed by atoms with E-state index >= 15 is 0 Å². The molecule has 6 nitrogen and oxygen atoms in total. The first-order valence-electron chi connectivity index (χ1n) is 9.23. The van der Waals surface area contributed by atoms with Crippen LogP contribution >= 0.6 is 11.3 Å². The lowest BCUT2D eigenvalue weighted by Gasteiger charge is -2.25. The maximum absolute atomic E-state index is 13.0. The average Bonchev–Trinajstić information content (AvgIpc) is 3.36. The van der Waals surface area contributed by atoms with Crippen molar-refractivity contribution in [2.75, 3.05) is 7.11 Å². The summed E-state index contributed by atoms with van der Waals surface area (Å²) in [5.74, 6) is -1.09. The summed E-state index contributed by atoms with van der Waals surface area (Å²) >= 11 is 1.48. The topological polar surface area (TPSA) is 87.1 Å². The summed E-state index contributed by atoms with van der Waals surface area (Å²) in [5, 5.41) is 22.9. The first-order chi connectivity index (χ1) is 14.5. The monoisotopic (exact) mass is 421 g/mol. The standard InChI is InChI=1S/C23H19NO5S/c1-29-17-9-7-14(8-10-17)21(26)19-20(15-4-2-5-16(25)12-15)24(23(28)22(19)27)13-18-6-3-11-30-18/h2-12,20,25-26H,13H2,1H3/b21-19-. The molecule has 1 fully saturated rings. The Morgan fingerprint density at radius 2 is 1.87 bits per heavy atom.